The van der Waals surface area contributed by atoms with Crippen molar-refractivity contribution in [1.82, 2.24) is 10.3 Å². The fourth-order valence-corrected chi connectivity index (χ4v) is 2.60. The van der Waals surface area contributed by atoms with Gasteiger partial charge in [0.15, 0.2) is 6.61 Å². The van der Waals surface area contributed by atoms with E-state index in [1.54, 1.807) is 18.2 Å². The molecule has 2 rings (SSSR count). The molecule has 1 N–H and O–H groups in total. The van der Waals surface area contributed by atoms with E-state index in [2.05, 4.69) is 31.2 Å². The van der Waals surface area contributed by atoms with Gasteiger partial charge in [0.25, 0.3) is 5.91 Å². The van der Waals surface area contributed by atoms with Crippen LogP contribution in [-0.2, 0) is 19.1 Å². The maximum Gasteiger partial charge on any atom is 0.343 e. The SMILES string of the molecule is COC(=O)COc1ccc(/C=N/NC(=O)CN2CCOCC2)cc1Br. The van der Waals surface area contributed by atoms with Gasteiger partial charge in [0.05, 0.1) is 37.6 Å². The highest BCUT2D eigenvalue weighted by molar-refractivity contribution is 9.10. The summed E-state index contributed by atoms with van der Waals surface area (Å²) >= 11 is 3.36. The Labute approximate surface area is 154 Å². The molecule has 0 atom stereocenters. The highest BCUT2D eigenvalue weighted by Crippen LogP contribution is 2.25. The third-order valence-corrected chi connectivity index (χ3v) is 4.02. The largest absolute Gasteiger partial charge is 0.481 e. The molecule has 0 aliphatic carbocycles. The number of amides is 1. The number of ether oxygens (including phenoxy) is 3. The van der Waals surface area contributed by atoms with E-state index in [-0.39, 0.29) is 12.5 Å². The zero-order valence-corrected chi connectivity index (χ0v) is 15.5. The van der Waals surface area contributed by atoms with Crippen LogP contribution in [0.5, 0.6) is 5.75 Å². The molecule has 0 saturated carbocycles. The molecule has 8 nitrogen and oxygen atoms in total. The number of hydrogen-bond acceptors (Lipinski definition) is 7. The van der Waals surface area contributed by atoms with Gasteiger partial charge in [-0.15, -0.1) is 0 Å². The molecule has 1 aromatic rings. The highest BCUT2D eigenvalue weighted by atomic mass is 79.9. The molecule has 1 saturated heterocycles. The number of nitrogens with one attached hydrogen (secondary N) is 1. The van der Waals surface area contributed by atoms with E-state index in [0.717, 1.165) is 18.7 Å². The van der Waals surface area contributed by atoms with Gasteiger partial charge in [-0.05, 0) is 39.7 Å². The highest BCUT2D eigenvalue weighted by Gasteiger charge is 2.13. The minimum absolute atomic E-state index is 0.167. The van der Waals surface area contributed by atoms with E-state index < -0.39 is 5.97 Å². The van der Waals surface area contributed by atoms with Crippen LogP contribution in [0.15, 0.2) is 27.8 Å². The Morgan fingerprint density at radius 1 is 1.40 bits per heavy atom. The van der Waals surface area contributed by atoms with Crippen LogP contribution < -0.4 is 10.2 Å². The van der Waals surface area contributed by atoms with Crippen molar-refractivity contribution in [2.75, 3.05) is 46.6 Å². The molecule has 0 spiro atoms. The van der Waals surface area contributed by atoms with E-state index in [4.69, 9.17) is 9.47 Å². The fraction of sp³-hybridized carbons (Fsp3) is 0.438. The van der Waals surface area contributed by atoms with Gasteiger partial charge in [0, 0.05) is 13.1 Å². The molecule has 0 aromatic heterocycles. The summed E-state index contributed by atoms with van der Waals surface area (Å²) in [6.07, 6.45) is 1.53. The summed E-state index contributed by atoms with van der Waals surface area (Å²) in [4.78, 5) is 24.9. The molecule has 1 aliphatic heterocycles. The van der Waals surface area contributed by atoms with Crippen LogP contribution in [0.4, 0.5) is 0 Å². The van der Waals surface area contributed by atoms with Crippen molar-refractivity contribution in [3.05, 3.63) is 28.2 Å². The van der Waals surface area contributed by atoms with E-state index >= 15 is 0 Å². The molecule has 0 bridgehead atoms. The average Bonchev–Trinajstić information content (AvgIpc) is 2.61. The number of hydrazone groups is 1. The van der Waals surface area contributed by atoms with Gasteiger partial charge in [-0.3, -0.25) is 9.69 Å². The Hall–Kier alpha value is -1.97. The second kappa shape index (κ2) is 10.1. The lowest BCUT2D eigenvalue weighted by Gasteiger charge is -2.25. The smallest absolute Gasteiger partial charge is 0.343 e. The van der Waals surface area contributed by atoms with Gasteiger partial charge < -0.3 is 14.2 Å². The summed E-state index contributed by atoms with van der Waals surface area (Å²) in [5.41, 5.74) is 3.27. The Bertz CT molecular complexity index is 632. The molecular weight excluding hydrogens is 394 g/mol. The Kier molecular flexibility index (Phi) is 7.83. The van der Waals surface area contributed by atoms with Crippen LogP contribution in [0.3, 0.4) is 0 Å². The summed E-state index contributed by atoms with van der Waals surface area (Å²) in [6, 6.07) is 5.23. The quantitative estimate of drug-likeness (QED) is 0.403. The number of nitrogens with zero attached hydrogens (tertiary/aromatic N) is 2. The van der Waals surface area contributed by atoms with E-state index in [9.17, 15) is 9.59 Å². The molecule has 1 aromatic carbocycles. The first kappa shape index (κ1) is 19.4. The Morgan fingerprint density at radius 2 is 2.16 bits per heavy atom. The van der Waals surface area contributed by atoms with Crippen molar-refractivity contribution in [3.8, 4) is 5.75 Å². The number of carbonyl (C=O) groups is 2. The first-order chi connectivity index (χ1) is 12.1. The normalized spacial score (nSPS) is 15.1. The van der Waals surface area contributed by atoms with Crippen LogP contribution in [0.25, 0.3) is 0 Å². The number of carbonyl (C=O) groups excluding carboxylic acids is 2. The standard InChI is InChI=1S/C16H20BrN3O5/c1-23-16(22)11-25-14-3-2-12(8-13(14)17)9-18-19-15(21)10-20-4-6-24-7-5-20/h2-3,8-9H,4-7,10-11H2,1H3,(H,19,21)/b18-9+. The molecule has 1 aliphatic rings. The van der Waals surface area contributed by atoms with Crippen LogP contribution in [-0.4, -0.2) is 69.6 Å². The summed E-state index contributed by atoms with van der Waals surface area (Å²) < 4.78 is 15.7. The van der Waals surface area contributed by atoms with Gasteiger partial charge in [-0.2, -0.15) is 5.10 Å². The number of halogens is 1. The summed E-state index contributed by atoms with van der Waals surface area (Å²) in [6.45, 7) is 2.92. The minimum atomic E-state index is -0.458. The monoisotopic (exact) mass is 413 g/mol. The van der Waals surface area contributed by atoms with E-state index in [0.29, 0.717) is 30.0 Å². The zero-order chi connectivity index (χ0) is 18.1. The number of benzene rings is 1. The third kappa shape index (κ3) is 6.81. The van der Waals surface area contributed by atoms with Crippen LogP contribution in [0.2, 0.25) is 0 Å². The molecule has 136 valence electrons. The van der Waals surface area contributed by atoms with Crippen LogP contribution in [0, 0.1) is 0 Å². The van der Waals surface area contributed by atoms with Crippen LogP contribution in [0.1, 0.15) is 5.56 Å². The maximum absolute atomic E-state index is 11.8. The Morgan fingerprint density at radius 3 is 2.84 bits per heavy atom. The van der Waals surface area contributed by atoms with Crippen molar-refractivity contribution in [2.45, 2.75) is 0 Å². The summed E-state index contributed by atoms with van der Waals surface area (Å²) in [5, 5.41) is 3.95. The second-order valence-corrected chi connectivity index (χ2v) is 6.09. The average molecular weight is 414 g/mol. The van der Waals surface area contributed by atoms with Crippen molar-refractivity contribution >= 4 is 34.0 Å². The molecular formula is C16H20BrN3O5. The van der Waals surface area contributed by atoms with Crippen molar-refractivity contribution in [1.29, 1.82) is 0 Å². The molecule has 1 heterocycles. The first-order valence-corrected chi connectivity index (χ1v) is 8.49. The van der Waals surface area contributed by atoms with Gasteiger partial charge in [0.2, 0.25) is 0 Å². The van der Waals surface area contributed by atoms with Crippen molar-refractivity contribution in [2.24, 2.45) is 5.10 Å². The maximum atomic E-state index is 11.8. The number of morpholine rings is 1. The third-order valence-electron chi connectivity index (χ3n) is 3.40. The Balaban J connectivity index is 1.81. The number of esters is 1. The van der Waals surface area contributed by atoms with Gasteiger partial charge in [0.1, 0.15) is 5.75 Å². The van der Waals surface area contributed by atoms with Crippen molar-refractivity contribution < 1.29 is 23.8 Å². The van der Waals surface area contributed by atoms with Crippen molar-refractivity contribution in [3.63, 3.8) is 0 Å². The lowest BCUT2D eigenvalue weighted by molar-refractivity contribution is -0.142. The lowest BCUT2D eigenvalue weighted by Crippen LogP contribution is -2.42. The predicted molar refractivity (Wildman–Crippen MR) is 94.6 cm³/mol. The number of rotatable bonds is 7. The topological polar surface area (TPSA) is 89.5 Å². The van der Waals surface area contributed by atoms with Gasteiger partial charge in [-0.1, -0.05) is 0 Å². The number of methoxy groups -OCH3 is 1. The van der Waals surface area contributed by atoms with Gasteiger partial charge >= 0.3 is 5.97 Å². The number of hydrogen-bond donors (Lipinski definition) is 1. The second-order valence-electron chi connectivity index (χ2n) is 5.24. The molecule has 0 radical (unpaired) electrons. The lowest BCUT2D eigenvalue weighted by atomic mass is 10.2. The summed E-state index contributed by atoms with van der Waals surface area (Å²) in [5.74, 6) is -0.116. The molecule has 1 fully saturated rings. The predicted octanol–water partition coefficient (Wildman–Crippen LogP) is 0.783. The molecule has 9 heteroatoms. The van der Waals surface area contributed by atoms with E-state index in [1.165, 1.54) is 13.3 Å². The van der Waals surface area contributed by atoms with Gasteiger partial charge in [-0.25, -0.2) is 10.2 Å². The molecule has 25 heavy (non-hydrogen) atoms. The first-order valence-electron chi connectivity index (χ1n) is 7.69. The minimum Gasteiger partial charge on any atom is -0.481 e. The van der Waals surface area contributed by atoms with E-state index in [1.807, 2.05) is 4.90 Å². The molecule has 0 unspecified atom stereocenters. The fourth-order valence-electron chi connectivity index (χ4n) is 2.09. The zero-order valence-electron chi connectivity index (χ0n) is 13.9. The summed E-state index contributed by atoms with van der Waals surface area (Å²) in [7, 11) is 1.30. The van der Waals surface area contributed by atoms with Crippen LogP contribution >= 0.6 is 15.9 Å². The molecule has 1 amide bonds.